The highest BCUT2D eigenvalue weighted by Crippen LogP contribution is 2.22. The number of pyridine rings is 1. The number of aromatic nitrogens is 1. The molecule has 1 aromatic heterocycles. The second kappa shape index (κ2) is 3.46. The molecule has 0 saturated carbocycles. The van der Waals surface area contributed by atoms with Gasteiger partial charge in [0.1, 0.15) is 6.29 Å². The van der Waals surface area contributed by atoms with Crippen LogP contribution in [0, 0.1) is 20.8 Å². The number of benzene rings is 1. The van der Waals surface area contributed by atoms with E-state index in [0.29, 0.717) is 5.56 Å². The molecular weight excluding hydrogens is 186 g/mol. The van der Waals surface area contributed by atoms with Gasteiger partial charge in [-0.1, -0.05) is 0 Å². The van der Waals surface area contributed by atoms with E-state index in [9.17, 15) is 4.79 Å². The topological polar surface area (TPSA) is 30.0 Å². The van der Waals surface area contributed by atoms with Crippen molar-refractivity contribution in [3.8, 4) is 0 Å². The van der Waals surface area contributed by atoms with Crippen molar-refractivity contribution in [1.29, 1.82) is 0 Å². The third-order valence-corrected chi connectivity index (χ3v) is 2.60. The van der Waals surface area contributed by atoms with E-state index in [2.05, 4.69) is 4.98 Å². The molecule has 2 nitrogen and oxygen atoms in total. The van der Waals surface area contributed by atoms with Crippen LogP contribution in [0.3, 0.4) is 0 Å². The second-order valence-corrected chi connectivity index (χ2v) is 3.93. The summed E-state index contributed by atoms with van der Waals surface area (Å²) in [6.45, 7) is 6.02. The third-order valence-electron chi connectivity index (χ3n) is 2.60. The number of hydrogen-bond acceptors (Lipinski definition) is 2. The number of carbonyl (C=O) groups is 1. The molecular formula is C13H13NO. The van der Waals surface area contributed by atoms with Crippen molar-refractivity contribution in [2.45, 2.75) is 20.8 Å². The zero-order chi connectivity index (χ0) is 11.0. The lowest BCUT2D eigenvalue weighted by molar-refractivity contribution is 0.112. The van der Waals surface area contributed by atoms with Crippen molar-refractivity contribution < 1.29 is 4.79 Å². The summed E-state index contributed by atoms with van der Waals surface area (Å²) in [6.07, 6.45) is 0.881. The number of fused-ring (bicyclic) bond motifs is 1. The minimum Gasteiger partial charge on any atom is -0.298 e. The molecule has 0 radical (unpaired) electrons. The number of aryl methyl sites for hydroxylation is 3. The van der Waals surface area contributed by atoms with E-state index in [4.69, 9.17) is 0 Å². The molecule has 2 aromatic rings. The zero-order valence-corrected chi connectivity index (χ0v) is 9.16. The van der Waals surface area contributed by atoms with Crippen molar-refractivity contribution in [3.63, 3.8) is 0 Å². The molecule has 0 aliphatic rings. The van der Waals surface area contributed by atoms with Crippen LogP contribution >= 0.6 is 0 Å². The standard InChI is InChI=1S/C13H13NO/c1-8-4-10(3)14-13-9(2)5-11(7-15)6-12(8)13/h4-7H,1-3H3. The van der Waals surface area contributed by atoms with E-state index < -0.39 is 0 Å². The van der Waals surface area contributed by atoms with E-state index in [1.165, 1.54) is 5.56 Å². The van der Waals surface area contributed by atoms with E-state index in [1.807, 2.05) is 39.0 Å². The zero-order valence-electron chi connectivity index (χ0n) is 9.16. The normalized spacial score (nSPS) is 10.6. The Morgan fingerprint density at radius 1 is 1.07 bits per heavy atom. The third kappa shape index (κ3) is 1.63. The van der Waals surface area contributed by atoms with Crippen LogP contribution in [0.5, 0.6) is 0 Å². The van der Waals surface area contributed by atoms with Gasteiger partial charge in [0, 0.05) is 16.6 Å². The molecule has 1 aromatic carbocycles. The molecule has 15 heavy (non-hydrogen) atoms. The van der Waals surface area contributed by atoms with Crippen LogP contribution in [-0.4, -0.2) is 11.3 Å². The van der Waals surface area contributed by atoms with Gasteiger partial charge in [0.05, 0.1) is 5.52 Å². The van der Waals surface area contributed by atoms with Crippen molar-refractivity contribution >= 4 is 17.2 Å². The van der Waals surface area contributed by atoms with Gasteiger partial charge in [-0.25, -0.2) is 0 Å². The molecule has 1 heterocycles. The smallest absolute Gasteiger partial charge is 0.150 e. The van der Waals surface area contributed by atoms with Crippen molar-refractivity contribution in [3.05, 3.63) is 40.6 Å². The summed E-state index contributed by atoms with van der Waals surface area (Å²) in [5, 5.41) is 1.07. The van der Waals surface area contributed by atoms with Gasteiger partial charge in [0.2, 0.25) is 0 Å². The Balaban J connectivity index is 2.91. The molecule has 0 bridgehead atoms. The van der Waals surface area contributed by atoms with Crippen LogP contribution in [0.15, 0.2) is 18.2 Å². The van der Waals surface area contributed by atoms with Crippen LogP contribution in [0.4, 0.5) is 0 Å². The maximum Gasteiger partial charge on any atom is 0.150 e. The minimum absolute atomic E-state index is 0.716. The van der Waals surface area contributed by atoms with Gasteiger partial charge < -0.3 is 0 Å². The first-order valence-corrected chi connectivity index (χ1v) is 4.95. The van der Waals surface area contributed by atoms with Crippen molar-refractivity contribution in [2.75, 3.05) is 0 Å². The summed E-state index contributed by atoms with van der Waals surface area (Å²) < 4.78 is 0. The number of aldehydes is 1. The maximum atomic E-state index is 10.8. The summed E-state index contributed by atoms with van der Waals surface area (Å²) in [7, 11) is 0. The Labute approximate surface area is 89.0 Å². The molecule has 0 saturated heterocycles. The van der Waals surface area contributed by atoms with Gasteiger partial charge in [-0.05, 0) is 50.1 Å². The van der Waals surface area contributed by atoms with Crippen LogP contribution in [0.25, 0.3) is 10.9 Å². The Kier molecular flexibility index (Phi) is 2.27. The largest absolute Gasteiger partial charge is 0.298 e. The lowest BCUT2D eigenvalue weighted by Crippen LogP contribution is -1.92. The van der Waals surface area contributed by atoms with E-state index in [1.54, 1.807) is 0 Å². The molecule has 0 unspecified atom stereocenters. The van der Waals surface area contributed by atoms with Gasteiger partial charge in [0.25, 0.3) is 0 Å². The van der Waals surface area contributed by atoms with Crippen LogP contribution in [-0.2, 0) is 0 Å². The highest BCUT2D eigenvalue weighted by molar-refractivity contribution is 5.91. The first kappa shape index (κ1) is 9.84. The highest BCUT2D eigenvalue weighted by Gasteiger charge is 2.05. The molecule has 2 rings (SSSR count). The fourth-order valence-electron chi connectivity index (χ4n) is 1.92. The van der Waals surface area contributed by atoms with Crippen LogP contribution in [0.1, 0.15) is 27.2 Å². The fourth-order valence-corrected chi connectivity index (χ4v) is 1.92. The number of hydrogen-bond donors (Lipinski definition) is 0. The molecule has 0 N–H and O–H groups in total. The first-order chi connectivity index (χ1) is 7.11. The average molecular weight is 199 g/mol. The number of rotatable bonds is 1. The molecule has 0 spiro atoms. The first-order valence-electron chi connectivity index (χ1n) is 4.95. The summed E-state index contributed by atoms with van der Waals surface area (Å²) in [5.41, 5.74) is 4.96. The average Bonchev–Trinajstić information content (AvgIpc) is 2.19. The van der Waals surface area contributed by atoms with Crippen molar-refractivity contribution in [2.24, 2.45) is 0 Å². The Bertz CT molecular complexity index is 544. The van der Waals surface area contributed by atoms with Crippen LogP contribution < -0.4 is 0 Å². The van der Waals surface area contributed by atoms with E-state index in [0.717, 1.165) is 28.4 Å². The second-order valence-electron chi connectivity index (χ2n) is 3.93. The SMILES string of the molecule is Cc1cc(C)c2cc(C=O)cc(C)c2n1. The quantitative estimate of drug-likeness (QED) is 0.661. The van der Waals surface area contributed by atoms with Gasteiger partial charge in [-0.3, -0.25) is 9.78 Å². The molecule has 0 aliphatic heterocycles. The highest BCUT2D eigenvalue weighted by atomic mass is 16.1. The van der Waals surface area contributed by atoms with Gasteiger partial charge in [0.15, 0.2) is 0 Å². The lowest BCUT2D eigenvalue weighted by Gasteiger charge is -2.07. The molecule has 2 heteroatoms. The maximum absolute atomic E-state index is 10.8. The molecule has 0 aliphatic carbocycles. The number of nitrogens with zero attached hydrogens (tertiary/aromatic N) is 1. The molecule has 76 valence electrons. The van der Waals surface area contributed by atoms with Crippen molar-refractivity contribution in [1.82, 2.24) is 4.98 Å². The van der Waals surface area contributed by atoms with Gasteiger partial charge >= 0.3 is 0 Å². The monoisotopic (exact) mass is 199 g/mol. The lowest BCUT2D eigenvalue weighted by atomic mass is 10.0. The fraction of sp³-hybridized carbons (Fsp3) is 0.231. The van der Waals surface area contributed by atoms with E-state index in [-0.39, 0.29) is 0 Å². The Morgan fingerprint density at radius 2 is 1.80 bits per heavy atom. The summed E-state index contributed by atoms with van der Waals surface area (Å²) in [5.74, 6) is 0. The van der Waals surface area contributed by atoms with E-state index >= 15 is 0 Å². The predicted molar refractivity (Wildman–Crippen MR) is 61.3 cm³/mol. The van der Waals surface area contributed by atoms with Crippen LogP contribution in [0.2, 0.25) is 0 Å². The van der Waals surface area contributed by atoms with Gasteiger partial charge in [-0.15, -0.1) is 0 Å². The summed E-state index contributed by atoms with van der Waals surface area (Å²) in [4.78, 5) is 15.3. The summed E-state index contributed by atoms with van der Waals surface area (Å²) >= 11 is 0. The predicted octanol–water partition coefficient (Wildman–Crippen LogP) is 2.97. The number of carbonyl (C=O) groups excluding carboxylic acids is 1. The Hall–Kier alpha value is -1.70. The molecule has 0 fully saturated rings. The molecule has 0 atom stereocenters. The molecule has 0 amide bonds. The summed E-state index contributed by atoms with van der Waals surface area (Å²) in [6, 6.07) is 5.81. The van der Waals surface area contributed by atoms with Gasteiger partial charge in [-0.2, -0.15) is 0 Å². The minimum atomic E-state index is 0.716. The Morgan fingerprint density at radius 3 is 2.47 bits per heavy atom.